The van der Waals surface area contributed by atoms with Crippen molar-refractivity contribution in [3.63, 3.8) is 0 Å². The van der Waals surface area contributed by atoms with Gasteiger partial charge in [-0.15, -0.1) is 0 Å². The van der Waals surface area contributed by atoms with Crippen LogP contribution in [-0.2, 0) is 0 Å². The quantitative estimate of drug-likeness (QED) is 0.869. The molecule has 2 nitrogen and oxygen atoms in total. The fourth-order valence-electron chi connectivity index (χ4n) is 1.80. The number of hydrogen-bond donors (Lipinski definition) is 1. The highest BCUT2D eigenvalue weighted by atomic mass is 19.4. The van der Waals surface area contributed by atoms with Crippen LogP contribution in [0.2, 0.25) is 0 Å². The molecule has 5 heteroatoms. The average Bonchev–Trinajstić information content (AvgIpc) is 2.46. The van der Waals surface area contributed by atoms with E-state index in [0.29, 0.717) is 17.4 Å². The Hall–Kier alpha value is -2.14. The van der Waals surface area contributed by atoms with E-state index in [1.165, 1.54) is 24.3 Å². The summed E-state index contributed by atoms with van der Waals surface area (Å²) in [6.45, 7) is 0. The number of aldehydes is 1. The van der Waals surface area contributed by atoms with E-state index in [2.05, 4.69) is 0 Å². The number of benzene rings is 2. The second-order valence-corrected chi connectivity index (χ2v) is 4.31. The molecule has 0 amide bonds. The monoisotopic (exact) mass is 280 g/mol. The van der Waals surface area contributed by atoms with Crippen molar-refractivity contribution in [3.05, 3.63) is 59.7 Å². The van der Waals surface area contributed by atoms with Crippen LogP contribution in [0.5, 0.6) is 0 Å². The Morgan fingerprint density at radius 3 is 1.75 bits per heavy atom. The lowest BCUT2D eigenvalue weighted by molar-refractivity contribution is -0.206. The molecular formula is C15H11F3O2. The summed E-state index contributed by atoms with van der Waals surface area (Å²) in [5, 5.41) is 9.12. The predicted molar refractivity (Wildman–Crippen MR) is 68.3 cm³/mol. The van der Waals surface area contributed by atoms with E-state index in [1.807, 2.05) is 0 Å². The van der Waals surface area contributed by atoms with Gasteiger partial charge in [-0.1, -0.05) is 48.5 Å². The summed E-state index contributed by atoms with van der Waals surface area (Å²) >= 11 is 0. The lowest BCUT2D eigenvalue weighted by atomic mass is 10.0. The Bertz CT molecular complexity index is 586. The maximum absolute atomic E-state index is 12.4. The van der Waals surface area contributed by atoms with Gasteiger partial charge in [0, 0.05) is 5.56 Å². The molecule has 0 aliphatic carbocycles. The van der Waals surface area contributed by atoms with Crippen LogP contribution in [0.1, 0.15) is 22.0 Å². The standard InChI is InChI=1S/C15H11F3O2/c16-15(17,18)14(20)13-7-5-12(6-8-13)11-3-1-10(9-19)2-4-11/h1-9,14,20H/t14-/m0/s1. The molecule has 1 atom stereocenters. The molecule has 0 spiro atoms. The number of carbonyl (C=O) groups is 1. The highest BCUT2D eigenvalue weighted by Crippen LogP contribution is 2.33. The molecule has 0 fully saturated rings. The Labute approximate surface area is 113 Å². The maximum Gasteiger partial charge on any atom is 0.418 e. The van der Waals surface area contributed by atoms with Crippen LogP contribution >= 0.6 is 0 Å². The van der Waals surface area contributed by atoms with Gasteiger partial charge in [-0.25, -0.2) is 0 Å². The second-order valence-electron chi connectivity index (χ2n) is 4.31. The molecule has 0 aliphatic rings. The van der Waals surface area contributed by atoms with Gasteiger partial charge in [0.05, 0.1) is 0 Å². The second kappa shape index (κ2) is 5.46. The number of carbonyl (C=O) groups excluding carboxylic acids is 1. The topological polar surface area (TPSA) is 37.3 Å². The highest BCUT2D eigenvalue weighted by Gasteiger charge is 2.39. The minimum atomic E-state index is -4.67. The van der Waals surface area contributed by atoms with E-state index in [0.717, 1.165) is 5.56 Å². The molecule has 2 aromatic carbocycles. The van der Waals surface area contributed by atoms with Crippen molar-refractivity contribution in [2.75, 3.05) is 0 Å². The van der Waals surface area contributed by atoms with E-state index >= 15 is 0 Å². The average molecular weight is 280 g/mol. The zero-order valence-corrected chi connectivity index (χ0v) is 10.3. The lowest BCUT2D eigenvalue weighted by Crippen LogP contribution is -2.19. The van der Waals surface area contributed by atoms with Gasteiger partial charge in [0.15, 0.2) is 6.10 Å². The molecule has 1 N–H and O–H groups in total. The number of rotatable bonds is 3. The minimum Gasteiger partial charge on any atom is -0.379 e. The van der Waals surface area contributed by atoms with E-state index in [1.54, 1.807) is 24.3 Å². The van der Waals surface area contributed by atoms with Gasteiger partial charge in [0.25, 0.3) is 0 Å². The third kappa shape index (κ3) is 3.05. The molecule has 2 rings (SSSR count). The molecule has 2 aromatic rings. The van der Waals surface area contributed by atoms with Gasteiger partial charge in [-0.05, 0) is 16.7 Å². The number of hydrogen-bond acceptors (Lipinski definition) is 2. The number of alkyl halides is 3. The van der Waals surface area contributed by atoms with Crippen molar-refractivity contribution in [2.45, 2.75) is 12.3 Å². The highest BCUT2D eigenvalue weighted by molar-refractivity contribution is 5.76. The first-order valence-corrected chi connectivity index (χ1v) is 5.82. The minimum absolute atomic E-state index is 0.203. The van der Waals surface area contributed by atoms with E-state index in [4.69, 9.17) is 5.11 Å². The Morgan fingerprint density at radius 1 is 0.900 bits per heavy atom. The third-order valence-electron chi connectivity index (χ3n) is 2.92. The number of aliphatic hydroxyl groups excluding tert-OH is 1. The summed E-state index contributed by atoms with van der Waals surface area (Å²) < 4.78 is 37.1. The number of halogens is 3. The van der Waals surface area contributed by atoms with Crippen LogP contribution in [0.25, 0.3) is 11.1 Å². The zero-order valence-electron chi connectivity index (χ0n) is 10.3. The van der Waals surface area contributed by atoms with E-state index in [-0.39, 0.29) is 5.56 Å². The predicted octanol–water partition coefficient (Wildman–Crippen LogP) is 3.76. The Morgan fingerprint density at radius 2 is 1.35 bits per heavy atom. The van der Waals surface area contributed by atoms with Crippen LogP contribution in [0.4, 0.5) is 13.2 Å². The van der Waals surface area contributed by atoms with Gasteiger partial charge in [-0.3, -0.25) is 4.79 Å². The normalized spacial score (nSPS) is 13.0. The Balaban J connectivity index is 2.25. The molecule has 20 heavy (non-hydrogen) atoms. The SMILES string of the molecule is O=Cc1ccc(-c2ccc([C@H](O)C(F)(F)F)cc2)cc1. The van der Waals surface area contributed by atoms with Crippen molar-refractivity contribution < 1.29 is 23.1 Å². The van der Waals surface area contributed by atoms with Crippen molar-refractivity contribution in [3.8, 4) is 11.1 Å². The molecule has 0 saturated carbocycles. The smallest absolute Gasteiger partial charge is 0.379 e. The van der Waals surface area contributed by atoms with Gasteiger partial charge in [0.2, 0.25) is 0 Å². The van der Waals surface area contributed by atoms with E-state index < -0.39 is 12.3 Å². The van der Waals surface area contributed by atoms with E-state index in [9.17, 15) is 18.0 Å². The van der Waals surface area contributed by atoms with Gasteiger partial charge in [0.1, 0.15) is 6.29 Å². The molecule has 0 aromatic heterocycles. The Kier molecular flexibility index (Phi) is 3.90. The molecule has 0 bridgehead atoms. The van der Waals surface area contributed by atoms with Crippen molar-refractivity contribution in [1.82, 2.24) is 0 Å². The molecule has 0 saturated heterocycles. The van der Waals surface area contributed by atoms with Crippen LogP contribution < -0.4 is 0 Å². The number of aliphatic hydroxyl groups is 1. The summed E-state index contributed by atoms with van der Waals surface area (Å²) in [7, 11) is 0. The van der Waals surface area contributed by atoms with Crippen LogP contribution in [0.3, 0.4) is 0 Å². The third-order valence-corrected chi connectivity index (χ3v) is 2.92. The van der Waals surface area contributed by atoms with Crippen LogP contribution in [0.15, 0.2) is 48.5 Å². The molecule has 0 radical (unpaired) electrons. The fraction of sp³-hybridized carbons (Fsp3) is 0.133. The summed E-state index contributed by atoms with van der Waals surface area (Å²) in [5.41, 5.74) is 1.81. The summed E-state index contributed by atoms with van der Waals surface area (Å²) in [4.78, 5) is 10.5. The molecule has 0 heterocycles. The largest absolute Gasteiger partial charge is 0.418 e. The molecule has 0 aliphatic heterocycles. The molecular weight excluding hydrogens is 269 g/mol. The van der Waals surface area contributed by atoms with Gasteiger partial charge >= 0.3 is 6.18 Å². The van der Waals surface area contributed by atoms with Crippen molar-refractivity contribution in [2.24, 2.45) is 0 Å². The lowest BCUT2D eigenvalue weighted by Gasteiger charge is -2.15. The van der Waals surface area contributed by atoms with Crippen LogP contribution in [0, 0.1) is 0 Å². The fourth-order valence-corrected chi connectivity index (χ4v) is 1.80. The molecule has 104 valence electrons. The maximum atomic E-state index is 12.4. The first-order valence-electron chi connectivity index (χ1n) is 5.82. The summed E-state index contributed by atoms with van der Waals surface area (Å²) in [5.74, 6) is 0. The molecule has 0 unspecified atom stereocenters. The summed E-state index contributed by atoms with van der Waals surface area (Å²) in [6, 6.07) is 12.1. The first-order chi connectivity index (χ1) is 9.41. The first kappa shape index (κ1) is 14.3. The van der Waals surface area contributed by atoms with Gasteiger partial charge in [-0.2, -0.15) is 13.2 Å². The zero-order chi connectivity index (χ0) is 14.8. The van der Waals surface area contributed by atoms with Gasteiger partial charge < -0.3 is 5.11 Å². The van der Waals surface area contributed by atoms with Crippen molar-refractivity contribution >= 4 is 6.29 Å². The van der Waals surface area contributed by atoms with Crippen molar-refractivity contribution in [1.29, 1.82) is 0 Å². The summed E-state index contributed by atoms with van der Waals surface area (Å²) in [6.07, 6.45) is -6.44. The van der Waals surface area contributed by atoms with Crippen LogP contribution in [-0.4, -0.2) is 17.6 Å².